The third-order valence-corrected chi connectivity index (χ3v) is 5.72. The van der Waals surface area contributed by atoms with E-state index in [4.69, 9.17) is 11.6 Å². The summed E-state index contributed by atoms with van der Waals surface area (Å²) < 4.78 is 22.8. The lowest BCUT2D eigenvalue weighted by Crippen LogP contribution is -2.68. The molecule has 0 saturated carbocycles. The molecule has 0 unspecified atom stereocenters. The molecule has 0 N–H and O–H groups in total. The van der Waals surface area contributed by atoms with Crippen molar-refractivity contribution in [2.75, 3.05) is 6.54 Å². The van der Waals surface area contributed by atoms with Gasteiger partial charge in [-0.25, -0.2) is 12.7 Å². The lowest BCUT2D eigenvalue weighted by molar-refractivity contribution is -0.131. The number of rotatable bonds is 3. The Morgan fingerprint density at radius 2 is 1.79 bits per heavy atom. The summed E-state index contributed by atoms with van der Waals surface area (Å²) in [6, 6.07) is 6.05. The molecule has 102 valence electrons. The van der Waals surface area contributed by atoms with Gasteiger partial charge in [0.2, 0.25) is 0 Å². The van der Waals surface area contributed by atoms with Crippen LogP contribution >= 0.6 is 11.6 Å². The Hall–Kier alpha value is -1.40. The first kappa shape index (κ1) is 14.0. The molecule has 1 aromatic carbocycles. The van der Waals surface area contributed by atoms with Gasteiger partial charge in [-0.2, -0.15) is 0 Å². The van der Waals surface area contributed by atoms with Gasteiger partial charge in [0, 0.05) is 10.6 Å². The number of nitrogens with zero attached hydrogens (tertiary/aromatic N) is 1. The van der Waals surface area contributed by atoms with Gasteiger partial charge in [-0.3, -0.25) is 9.59 Å². The van der Waals surface area contributed by atoms with Gasteiger partial charge in [0.1, 0.15) is 6.54 Å². The summed E-state index contributed by atoms with van der Waals surface area (Å²) in [7, 11) is -3.72. The van der Waals surface area contributed by atoms with Crippen LogP contribution in [-0.4, -0.2) is 35.7 Å². The molecular weight excluding hydrogens is 290 g/mol. The summed E-state index contributed by atoms with van der Waals surface area (Å²) >= 11 is 5.69. The molecule has 7 heteroatoms. The third kappa shape index (κ3) is 2.04. The summed E-state index contributed by atoms with van der Waals surface area (Å²) in [6.45, 7) is 2.19. The lowest BCUT2D eigenvalue weighted by Gasteiger charge is -2.42. The van der Waals surface area contributed by atoms with Crippen molar-refractivity contribution in [1.29, 1.82) is 0 Å². The van der Waals surface area contributed by atoms with E-state index in [1.165, 1.54) is 38.1 Å². The number of Topliss-reactive ketones (excluding diaryl/α,β-unsaturated/α-hetero) is 1. The molecule has 1 aliphatic heterocycles. The van der Waals surface area contributed by atoms with Crippen molar-refractivity contribution in [3.8, 4) is 0 Å². The van der Waals surface area contributed by atoms with Crippen LogP contribution in [0.5, 0.6) is 0 Å². The van der Waals surface area contributed by atoms with E-state index in [-0.39, 0.29) is 0 Å². The molecule has 1 saturated heterocycles. The maximum absolute atomic E-state index is 11.9. The van der Waals surface area contributed by atoms with Crippen LogP contribution in [0.15, 0.2) is 24.3 Å². The van der Waals surface area contributed by atoms with Gasteiger partial charge in [0.15, 0.2) is 10.5 Å². The number of sulfonamides is 1. The van der Waals surface area contributed by atoms with E-state index in [1.54, 1.807) is 0 Å². The minimum Gasteiger partial charge on any atom is -0.292 e. The number of carbonyl (C=O) groups is 2. The van der Waals surface area contributed by atoms with E-state index in [9.17, 15) is 18.0 Å². The van der Waals surface area contributed by atoms with E-state index in [0.29, 0.717) is 14.9 Å². The van der Waals surface area contributed by atoms with Crippen LogP contribution in [0, 0.1) is 0 Å². The number of carbonyl (C=O) groups excluding carboxylic acids is 2. The molecule has 0 aromatic heterocycles. The Balaban J connectivity index is 2.18. The Morgan fingerprint density at radius 1 is 1.26 bits per heavy atom. The van der Waals surface area contributed by atoms with Crippen LogP contribution in [-0.2, 0) is 14.8 Å². The topological polar surface area (TPSA) is 71.5 Å². The van der Waals surface area contributed by atoms with Crippen molar-refractivity contribution in [2.45, 2.75) is 18.6 Å². The first-order chi connectivity index (χ1) is 8.68. The van der Waals surface area contributed by atoms with Crippen LogP contribution in [0.3, 0.4) is 0 Å². The molecule has 0 radical (unpaired) electrons. The van der Waals surface area contributed by atoms with Crippen LogP contribution in [0.2, 0.25) is 5.02 Å². The molecule has 1 aliphatic rings. The predicted octanol–water partition coefficient (Wildman–Crippen LogP) is 1.47. The average Bonchev–Trinajstić information content (AvgIpc) is 2.35. The molecule has 1 aromatic rings. The molecule has 0 atom stereocenters. The van der Waals surface area contributed by atoms with Gasteiger partial charge in [-0.05, 0) is 38.1 Å². The smallest absolute Gasteiger partial charge is 0.259 e. The fourth-order valence-electron chi connectivity index (χ4n) is 1.77. The van der Waals surface area contributed by atoms with Gasteiger partial charge in [-0.15, -0.1) is 0 Å². The maximum atomic E-state index is 11.9. The van der Waals surface area contributed by atoms with Crippen LogP contribution in [0.1, 0.15) is 24.2 Å². The SMILES string of the molecule is CC1(C)C(=O)N(CC(=O)c2ccc(Cl)cc2)S1(=O)=O. The summed E-state index contributed by atoms with van der Waals surface area (Å²) in [4.78, 5) is 23.6. The standard InChI is InChI=1S/C12H12ClNO4S/c1-12(2)11(16)14(19(12,17)18)7-10(15)8-3-5-9(13)6-4-8/h3-6H,7H2,1-2H3. The number of amides is 1. The second-order valence-electron chi connectivity index (χ2n) is 4.76. The molecule has 19 heavy (non-hydrogen) atoms. The Bertz CT molecular complexity index is 649. The summed E-state index contributed by atoms with van der Waals surface area (Å²) in [5, 5.41) is 0.477. The van der Waals surface area contributed by atoms with Crippen molar-refractivity contribution in [3.05, 3.63) is 34.9 Å². The molecule has 2 rings (SSSR count). The highest BCUT2D eigenvalue weighted by Crippen LogP contribution is 2.34. The summed E-state index contributed by atoms with van der Waals surface area (Å²) in [5.41, 5.74) is 0.317. The van der Waals surface area contributed by atoms with Crippen molar-refractivity contribution in [3.63, 3.8) is 0 Å². The van der Waals surface area contributed by atoms with Crippen LogP contribution < -0.4 is 0 Å². The van der Waals surface area contributed by atoms with Crippen LogP contribution in [0.4, 0.5) is 0 Å². The van der Waals surface area contributed by atoms with Gasteiger partial charge in [0.25, 0.3) is 15.9 Å². The number of benzene rings is 1. The number of halogens is 1. The number of hydrogen-bond donors (Lipinski definition) is 0. The summed E-state index contributed by atoms with van der Waals surface area (Å²) in [6.07, 6.45) is 0. The Kier molecular flexibility index (Phi) is 3.18. The molecule has 5 nitrogen and oxygen atoms in total. The quantitative estimate of drug-likeness (QED) is 0.793. The second-order valence-corrected chi connectivity index (χ2v) is 7.61. The highest BCUT2D eigenvalue weighted by Gasteiger charge is 2.60. The van der Waals surface area contributed by atoms with Crippen LogP contribution in [0.25, 0.3) is 0 Å². The van der Waals surface area contributed by atoms with E-state index in [2.05, 4.69) is 0 Å². The maximum Gasteiger partial charge on any atom is 0.259 e. The minimum absolute atomic E-state index is 0.317. The van der Waals surface area contributed by atoms with Gasteiger partial charge >= 0.3 is 0 Å². The zero-order valence-corrected chi connectivity index (χ0v) is 12.0. The van der Waals surface area contributed by atoms with Gasteiger partial charge in [-0.1, -0.05) is 11.6 Å². The number of ketones is 1. The molecule has 0 bridgehead atoms. The first-order valence-corrected chi connectivity index (χ1v) is 7.35. The molecule has 1 fully saturated rings. The Morgan fingerprint density at radius 3 is 2.26 bits per heavy atom. The normalized spacial score (nSPS) is 19.9. The third-order valence-electron chi connectivity index (χ3n) is 3.13. The van der Waals surface area contributed by atoms with E-state index >= 15 is 0 Å². The highest BCUT2D eigenvalue weighted by atomic mass is 35.5. The zero-order valence-electron chi connectivity index (χ0n) is 10.4. The fourth-order valence-corrected chi connectivity index (χ4v) is 3.38. The van der Waals surface area contributed by atoms with E-state index in [1.807, 2.05) is 0 Å². The predicted molar refractivity (Wildman–Crippen MR) is 70.5 cm³/mol. The largest absolute Gasteiger partial charge is 0.292 e. The second kappa shape index (κ2) is 4.31. The van der Waals surface area contributed by atoms with Crippen molar-refractivity contribution >= 4 is 33.3 Å². The van der Waals surface area contributed by atoms with Gasteiger partial charge < -0.3 is 0 Å². The monoisotopic (exact) mass is 301 g/mol. The fraction of sp³-hybridized carbons (Fsp3) is 0.333. The molecular formula is C12H12ClNO4S. The zero-order chi connectivity index (χ0) is 14.4. The molecule has 1 amide bonds. The van der Waals surface area contributed by atoms with Gasteiger partial charge in [0.05, 0.1) is 0 Å². The first-order valence-electron chi connectivity index (χ1n) is 5.53. The average molecular weight is 302 g/mol. The minimum atomic E-state index is -3.72. The van der Waals surface area contributed by atoms with Crippen molar-refractivity contribution in [1.82, 2.24) is 4.31 Å². The van der Waals surface area contributed by atoms with Crippen molar-refractivity contribution < 1.29 is 18.0 Å². The molecule has 1 heterocycles. The van der Waals surface area contributed by atoms with Crippen molar-refractivity contribution in [2.24, 2.45) is 0 Å². The Labute approximate surface area is 116 Å². The highest BCUT2D eigenvalue weighted by molar-refractivity contribution is 7.94. The summed E-state index contributed by atoms with van der Waals surface area (Å²) in [5.74, 6) is -1.00. The van der Waals surface area contributed by atoms with E-state index < -0.39 is 33.0 Å². The lowest BCUT2D eigenvalue weighted by atomic mass is 10.1. The molecule has 0 aliphatic carbocycles. The number of hydrogen-bond acceptors (Lipinski definition) is 4. The van der Waals surface area contributed by atoms with E-state index in [0.717, 1.165) is 0 Å². The molecule has 0 spiro atoms.